The molecule has 1 aromatic carbocycles. The van der Waals surface area contributed by atoms with E-state index in [-0.39, 0.29) is 13.2 Å². The molecule has 0 amide bonds. The van der Waals surface area contributed by atoms with Gasteiger partial charge < -0.3 is 9.47 Å². The number of allylic oxidation sites excluding steroid dienone is 1. The van der Waals surface area contributed by atoms with Crippen LogP contribution in [0.5, 0.6) is 11.5 Å². The number of hydrogen-bond acceptors (Lipinski definition) is 5. The minimum absolute atomic E-state index is 0.128. The molecule has 0 aliphatic carbocycles. The second kappa shape index (κ2) is 3.91. The Kier molecular flexibility index (Phi) is 2.58. The van der Waals surface area contributed by atoms with Crippen molar-refractivity contribution >= 4 is 21.9 Å². The van der Waals surface area contributed by atoms with Crippen molar-refractivity contribution in [3.05, 3.63) is 35.2 Å². The summed E-state index contributed by atoms with van der Waals surface area (Å²) in [5.41, 5.74) is 0.490. The van der Waals surface area contributed by atoms with Gasteiger partial charge in [-0.05, 0) is 23.1 Å². The molecule has 0 radical (unpaired) electrons. The molecule has 0 bridgehead atoms. The molecule has 0 spiro atoms. The molecule has 0 fully saturated rings. The highest BCUT2D eigenvalue weighted by Gasteiger charge is 2.46. The average molecular weight is 286 g/mol. The zero-order valence-electron chi connectivity index (χ0n) is 9.20. The fraction of sp³-hybridized carbons (Fsp3) is 0.273. The molecule has 0 aromatic heterocycles. The van der Waals surface area contributed by atoms with Gasteiger partial charge in [0.05, 0.1) is 0 Å². The Balaban J connectivity index is 2.12. The average Bonchev–Trinajstić information content (AvgIpc) is 2.96. The molecule has 18 heavy (non-hydrogen) atoms. The molecule has 1 aromatic rings. The molecule has 2 aliphatic rings. The SMILES string of the molecule is O=S(=O)(O)C1(c2ccc3c(c2)OCO3)CC=CS1. The maximum atomic E-state index is 11.7. The largest absolute Gasteiger partial charge is 0.454 e. The Labute approximate surface area is 109 Å². The highest BCUT2D eigenvalue weighted by molar-refractivity contribution is 8.14. The van der Waals surface area contributed by atoms with Crippen LogP contribution in [0.1, 0.15) is 12.0 Å². The van der Waals surface area contributed by atoms with E-state index < -0.39 is 14.2 Å². The van der Waals surface area contributed by atoms with Crippen LogP contribution in [0.25, 0.3) is 0 Å². The van der Waals surface area contributed by atoms with E-state index in [2.05, 4.69) is 0 Å². The molecule has 2 aliphatic heterocycles. The van der Waals surface area contributed by atoms with Gasteiger partial charge in [0.2, 0.25) is 6.79 Å². The van der Waals surface area contributed by atoms with Gasteiger partial charge in [0.25, 0.3) is 10.1 Å². The monoisotopic (exact) mass is 286 g/mol. The highest BCUT2D eigenvalue weighted by Crippen LogP contribution is 2.51. The predicted molar refractivity (Wildman–Crippen MR) is 67.1 cm³/mol. The van der Waals surface area contributed by atoms with Crippen LogP contribution >= 0.6 is 11.8 Å². The van der Waals surface area contributed by atoms with Crippen LogP contribution < -0.4 is 9.47 Å². The predicted octanol–water partition coefficient (Wildman–Crippen LogP) is 2.11. The van der Waals surface area contributed by atoms with E-state index in [1.807, 2.05) is 0 Å². The van der Waals surface area contributed by atoms with E-state index in [9.17, 15) is 13.0 Å². The minimum atomic E-state index is -4.23. The Hall–Kier alpha value is -1.18. The van der Waals surface area contributed by atoms with Crippen LogP contribution in [-0.2, 0) is 14.2 Å². The van der Waals surface area contributed by atoms with Gasteiger partial charge in [-0.3, -0.25) is 4.55 Å². The lowest BCUT2D eigenvalue weighted by Gasteiger charge is -2.25. The zero-order chi connectivity index (χ0) is 12.8. The van der Waals surface area contributed by atoms with Gasteiger partial charge in [-0.25, -0.2) is 0 Å². The first-order chi connectivity index (χ1) is 8.53. The van der Waals surface area contributed by atoms with Crippen molar-refractivity contribution in [3.63, 3.8) is 0 Å². The molecule has 5 nitrogen and oxygen atoms in total. The van der Waals surface area contributed by atoms with Crippen molar-refractivity contribution in [1.82, 2.24) is 0 Å². The molecular weight excluding hydrogens is 276 g/mol. The molecular formula is C11H10O5S2. The van der Waals surface area contributed by atoms with Gasteiger partial charge in [-0.15, -0.1) is 11.8 Å². The van der Waals surface area contributed by atoms with Crippen LogP contribution in [0.4, 0.5) is 0 Å². The first kappa shape index (κ1) is 11.9. The number of rotatable bonds is 2. The van der Waals surface area contributed by atoms with E-state index in [1.165, 1.54) is 0 Å². The standard InChI is InChI=1S/C11H10O5S2/c12-18(13,14)11(4-1-5-17-11)8-2-3-9-10(6-8)16-7-15-9/h1-3,5-6H,4,7H2,(H,12,13,14). The summed E-state index contributed by atoms with van der Waals surface area (Å²) in [6, 6.07) is 4.90. The summed E-state index contributed by atoms with van der Waals surface area (Å²) >= 11 is 1.08. The third kappa shape index (κ3) is 1.62. The van der Waals surface area contributed by atoms with Crippen molar-refractivity contribution in [2.45, 2.75) is 10.5 Å². The lowest BCUT2D eigenvalue weighted by molar-refractivity contribution is 0.174. The summed E-state index contributed by atoms with van der Waals surface area (Å²) in [6.45, 7) is 0.128. The van der Waals surface area contributed by atoms with Crippen molar-refractivity contribution in [1.29, 1.82) is 0 Å². The molecule has 7 heteroatoms. The van der Waals surface area contributed by atoms with Crippen LogP contribution in [0.3, 0.4) is 0 Å². The van der Waals surface area contributed by atoms with Crippen molar-refractivity contribution in [2.75, 3.05) is 6.79 Å². The Morgan fingerprint density at radius 3 is 2.72 bits per heavy atom. The number of ether oxygens (including phenoxy) is 2. The van der Waals surface area contributed by atoms with Gasteiger partial charge in [0.1, 0.15) is 0 Å². The Bertz CT molecular complexity index is 612. The van der Waals surface area contributed by atoms with Gasteiger partial charge >= 0.3 is 0 Å². The number of benzene rings is 1. The zero-order valence-corrected chi connectivity index (χ0v) is 10.8. The number of hydrogen-bond donors (Lipinski definition) is 1. The molecule has 96 valence electrons. The Morgan fingerprint density at radius 2 is 2.06 bits per heavy atom. The second-order valence-corrected chi connectivity index (χ2v) is 7.10. The first-order valence-corrected chi connectivity index (χ1v) is 7.55. The highest BCUT2D eigenvalue weighted by atomic mass is 32.3. The van der Waals surface area contributed by atoms with Crippen molar-refractivity contribution in [2.24, 2.45) is 0 Å². The van der Waals surface area contributed by atoms with Gasteiger partial charge in [0.15, 0.2) is 15.6 Å². The van der Waals surface area contributed by atoms with E-state index in [0.717, 1.165) is 11.8 Å². The summed E-state index contributed by atoms with van der Waals surface area (Å²) < 4.78 is 41.9. The quantitative estimate of drug-likeness (QED) is 0.839. The third-order valence-electron chi connectivity index (χ3n) is 2.97. The van der Waals surface area contributed by atoms with Crippen LogP contribution in [-0.4, -0.2) is 19.8 Å². The summed E-state index contributed by atoms with van der Waals surface area (Å²) in [7, 11) is -4.23. The summed E-state index contributed by atoms with van der Waals surface area (Å²) in [5.74, 6) is 1.09. The first-order valence-electron chi connectivity index (χ1n) is 5.23. The smallest absolute Gasteiger partial charge is 0.285 e. The lowest BCUT2D eigenvalue weighted by Crippen LogP contribution is -2.29. The molecule has 1 N–H and O–H groups in total. The van der Waals surface area contributed by atoms with E-state index in [4.69, 9.17) is 9.47 Å². The second-order valence-electron chi connectivity index (χ2n) is 3.99. The van der Waals surface area contributed by atoms with Crippen molar-refractivity contribution < 1.29 is 22.4 Å². The lowest BCUT2D eigenvalue weighted by atomic mass is 10.1. The fourth-order valence-corrected chi connectivity index (χ4v) is 4.30. The summed E-state index contributed by atoms with van der Waals surface area (Å²) in [5, 5.41) is 1.68. The summed E-state index contributed by atoms with van der Waals surface area (Å²) in [4.78, 5) is 0. The topological polar surface area (TPSA) is 72.8 Å². The summed E-state index contributed by atoms with van der Waals surface area (Å²) in [6.07, 6.45) is 1.96. The maximum Gasteiger partial charge on any atom is 0.285 e. The maximum absolute atomic E-state index is 11.7. The number of fused-ring (bicyclic) bond motifs is 1. The Morgan fingerprint density at radius 1 is 1.28 bits per heavy atom. The van der Waals surface area contributed by atoms with Crippen LogP contribution in [0, 0.1) is 0 Å². The molecule has 2 heterocycles. The van der Waals surface area contributed by atoms with Gasteiger partial charge in [0, 0.05) is 6.42 Å². The molecule has 3 rings (SSSR count). The van der Waals surface area contributed by atoms with Crippen molar-refractivity contribution in [3.8, 4) is 11.5 Å². The molecule has 0 saturated heterocycles. The molecule has 1 atom stereocenters. The fourth-order valence-electron chi connectivity index (χ4n) is 2.04. The van der Waals surface area contributed by atoms with E-state index in [0.29, 0.717) is 17.1 Å². The molecule has 0 saturated carbocycles. The van der Waals surface area contributed by atoms with Crippen LogP contribution in [0.15, 0.2) is 29.7 Å². The van der Waals surface area contributed by atoms with Crippen LogP contribution in [0.2, 0.25) is 0 Å². The van der Waals surface area contributed by atoms with E-state index in [1.54, 1.807) is 29.7 Å². The van der Waals surface area contributed by atoms with Gasteiger partial charge in [-0.1, -0.05) is 12.1 Å². The van der Waals surface area contributed by atoms with Gasteiger partial charge in [-0.2, -0.15) is 8.42 Å². The minimum Gasteiger partial charge on any atom is -0.454 e. The third-order valence-corrected chi connectivity index (χ3v) is 6.24. The van der Waals surface area contributed by atoms with E-state index >= 15 is 0 Å². The molecule has 1 unspecified atom stereocenters. The number of thioether (sulfide) groups is 1. The normalized spacial score (nSPS) is 25.6.